The molecule has 10 heteroatoms. The Kier molecular flexibility index (Phi) is 7.08. The zero-order valence-electron chi connectivity index (χ0n) is 16.3. The van der Waals surface area contributed by atoms with E-state index in [-0.39, 0.29) is 23.2 Å². The molecule has 28 heavy (non-hydrogen) atoms. The van der Waals surface area contributed by atoms with E-state index in [4.69, 9.17) is 0 Å². The predicted molar refractivity (Wildman–Crippen MR) is 111 cm³/mol. The van der Waals surface area contributed by atoms with Crippen LogP contribution in [0, 0.1) is 0 Å². The number of hydrogen-bond acceptors (Lipinski definition) is 5. The maximum absolute atomic E-state index is 12.7. The van der Waals surface area contributed by atoms with Crippen molar-refractivity contribution in [3.63, 3.8) is 0 Å². The van der Waals surface area contributed by atoms with E-state index in [1.54, 1.807) is 23.2 Å². The standard InChI is InChI=1S/C18H25N5O3S.ClH/c1-4-21-10-9-19-18(21)23-13-11-22(12-14-23)17(24)15-5-7-16(8-6-15)27(25,26)20(2)3;/h5-10H,4,11-14H2,1-3H3;1H. The summed E-state index contributed by atoms with van der Waals surface area (Å²) in [6.45, 7) is 5.58. The molecule has 1 saturated heterocycles. The molecule has 3 rings (SSSR count). The van der Waals surface area contributed by atoms with Crippen molar-refractivity contribution in [3.05, 3.63) is 42.2 Å². The number of carbonyl (C=O) groups is 1. The lowest BCUT2D eigenvalue weighted by Gasteiger charge is -2.35. The molecule has 0 spiro atoms. The van der Waals surface area contributed by atoms with Crippen LogP contribution < -0.4 is 4.90 Å². The Morgan fingerprint density at radius 2 is 1.71 bits per heavy atom. The SMILES string of the molecule is CCn1ccnc1N1CCN(C(=O)c2ccc(S(=O)(=O)N(C)C)cc2)CC1.Cl. The molecule has 0 aliphatic carbocycles. The lowest BCUT2D eigenvalue weighted by Crippen LogP contribution is -2.49. The van der Waals surface area contributed by atoms with Crippen molar-refractivity contribution in [2.75, 3.05) is 45.2 Å². The minimum Gasteiger partial charge on any atom is -0.339 e. The highest BCUT2D eigenvalue weighted by molar-refractivity contribution is 7.89. The van der Waals surface area contributed by atoms with Crippen LogP contribution in [0.5, 0.6) is 0 Å². The summed E-state index contributed by atoms with van der Waals surface area (Å²) in [5.41, 5.74) is 0.496. The Hall–Kier alpha value is -2.10. The van der Waals surface area contributed by atoms with E-state index < -0.39 is 10.0 Å². The average molecular weight is 428 g/mol. The van der Waals surface area contributed by atoms with Gasteiger partial charge in [-0.2, -0.15) is 0 Å². The Morgan fingerprint density at radius 3 is 2.25 bits per heavy atom. The van der Waals surface area contributed by atoms with E-state index in [9.17, 15) is 13.2 Å². The Bertz CT molecular complexity index is 904. The van der Waals surface area contributed by atoms with Gasteiger partial charge in [0, 0.05) is 64.8 Å². The first-order valence-corrected chi connectivity index (χ1v) is 10.4. The second-order valence-electron chi connectivity index (χ2n) is 6.60. The fourth-order valence-corrected chi connectivity index (χ4v) is 4.01. The number of anilines is 1. The summed E-state index contributed by atoms with van der Waals surface area (Å²) in [5, 5.41) is 0. The number of imidazole rings is 1. The molecule has 0 saturated carbocycles. The Balaban J connectivity index is 0.00000280. The van der Waals surface area contributed by atoms with Crippen LogP contribution in [0.3, 0.4) is 0 Å². The minimum absolute atomic E-state index is 0. The lowest BCUT2D eigenvalue weighted by atomic mass is 10.2. The van der Waals surface area contributed by atoms with E-state index in [0.29, 0.717) is 18.7 Å². The van der Waals surface area contributed by atoms with E-state index >= 15 is 0 Å². The number of benzene rings is 1. The number of aryl methyl sites for hydroxylation is 1. The van der Waals surface area contributed by atoms with Crippen LogP contribution >= 0.6 is 12.4 Å². The van der Waals surface area contributed by atoms with Gasteiger partial charge in [0.2, 0.25) is 16.0 Å². The molecule has 1 aliphatic heterocycles. The summed E-state index contributed by atoms with van der Waals surface area (Å²) in [5.74, 6) is 0.852. The molecule has 1 amide bonds. The smallest absolute Gasteiger partial charge is 0.253 e. The number of nitrogens with zero attached hydrogens (tertiary/aromatic N) is 5. The van der Waals surface area contributed by atoms with Crippen molar-refractivity contribution in [2.45, 2.75) is 18.4 Å². The third kappa shape index (κ3) is 4.31. The first kappa shape index (κ1) is 22.2. The van der Waals surface area contributed by atoms with Gasteiger partial charge in [0.05, 0.1) is 4.90 Å². The quantitative estimate of drug-likeness (QED) is 0.723. The average Bonchev–Trinajstić information content (AvgIpc) is 3.16. The molecule has 1 fully saturated rings. The highest BCUT2D eigenvalue weighted by atomic mass is 35.5. The zero-order valence-corrected chi connectivity index (χ0v) is 17.9. The molecule has 154 valence electrons. The molecule has 0 atom stereocenters. The van der Waals surface area contributed by atoms with E-state index in [1.165, 1.54) is 26.2 Å². The first-order chi connectivity index (χ1) is 12.8. The van der Waals surface area contributed by atoms with E-state index in [2.05, 4.69) is 21.4 Å². The maximum Gasteiger partial charge on any atom is 0.253 e. The van der Waals surface area contributed by atoms with Gasteiger partial charge in [-0.15, -0.1) is 12.4 Å². The van der Waals surface area contributed by atoms with Gasteiger partial charge in [0.15, 0.2) is 0 Å². The van der Waals surface area contributed by atoms with Gasteiger partial charge in [-0.25, -0.2) is 17.7 Å². The molecule has 2 aromatic rings. The largest absolute Gasteiger partial charge is 0.339 e. The molecule has 0 radical (unpaired) electrons. The highest BCUT2D eigenvalue weighted by Gasteiger charge is 2.25. The molecule has 1 aliphatic rings. The molecule has 0 N–H and O–H groups in total. The maximum atomic E-state index is 12.7. The number of piperazine rings is 1. The summed E-state index contributed by atoms with van der Waals surface area (Å²) in [4.78, 5) is 21.3. The highest BCUT2D eigenvalue weighted by Crippen LogP contribution is 2.18. The zero-order chi connectivity index (χ0) is 19.6. The molecule has 0 bridgehead atoms. The van der Waals surface area contributed by atoms with Crippen molar-refractivity contribution in [2.24, 2.45) is 0 Å². The van der Waals surface area contributed by atoms with Crippen LogP contribution in [0.25, 0.3) is 0 Å². The Labute approximate surface area is 172 Å². The number of amides is 1. The third-order valence-electron chi connectivity index (χ3n) is 4.76. The predicted octanol–water partition coefficient (Wildman–Crippen LogP) is 1.54. The van der Waals surface area contributed by atoms with Crippen molar-refractivity contribution in [1.82, 2.24) is 18.8 Å². The molecular formula is C18H26ClN5O3S. The fourth-order valence-electron chi connectivity index (χ4n) is 3.10. The number of hydrogen-bond donors (Lipinski definition) is 0. The van der Waals surface area contributed by atoms with Gasteiger partial charge in [-0.05, 0) is 31.2 Å². The van der Waals surface area contributed by atoms with Crippen molar-refractivity contribution < 1.29 is 13.2 Å². The second-order valence-corrected chi connectivity index (χ2v) is 8.76. The number of rotatable bonds is 5. The van der Waals surface area contributed by atoms with Gasteiger partial charge < -0.3 is 14.4 Å². The summed E-state index contributed by atoms with van der Waals surface area (Å²) in [7, 11) is -0.523. The molecule has 0 unspecified atom stereocenters. The van der Waals surface area contributed by atoms with Crippen molar-refractivity contribution in [1.29, 1.82) is 0 Å². The van der Waals surface area contributed by atoms with Gasteiger partial charge in [0.1, 0.15) is 0 Å². The monoisotopic (exact) mass is 427 g/mol. The molecule has 1 aromatic carbocycles. The minimum atomic E-state index is -3.49. The number of halogens is 1. The van der Waals surface area contributed by atoms with Crippen LogP contribution in [-0.4, -0.2) is 73.4 Å². The normalized spacial score (nSPS) is 14.9. The van der Waals surface area contributed by atoms with Crippen LogP contribution in [0.2, 0.25) is 0 Å². The van der Waals surface area contributed by atoms with Crippen molar-refractivity contribution in [3.8, 4) is 0 Å². The molecule has 1 aromatic heterocycles. The summed E-state index contributed by atoms with van der Waals surface area (Å²) in [6, 6.07) is 6.12. The lowest BCUT2D eigenvalue weighted by molar-refractivity contribution is 0.0746. The number of sulfonamides is 1. The summed E-state index contributed by atoms with van der Waals surface area (Å²) >= 11 is 0. The summed E-state index contributed by atoms with van der Waals surface area (Å²) in [6.07, 6.45) is 3.75. The van der Waals surface area contributed by atoms with Crippen LogP contribution in [0.15, 0.2) is 41.6 Å². The van der Waals surface area contributed by atoms with E-state index in [1.807, 2.05) is 6.20 Å². The van der Waals surface area contributed by atoms with E-state index in [0.717, 1.165) is 29.9 Å². The van der Waals surface area contributed by atoms with Gasteiger partial charge in [-0.1, -0.05) is 0 Å². The van der Waals surface area contributed by atoms with Gasteiger partial charge >= 0.3 is 0 Å². The topological polar surface area (TPSA) is 78.8 Å². The van der Waals surface area contributed by atoms with Gasteiger partial charge in [-0.3, -0.25) is 4.79 Å². The van der Waals surface area contributed by atoms with Crippen LogP contribution in [0.4, 0.5) is 5.95 Å². The number of aromatic nitrogens is 2. The Morgan fingerprint density at radius 1 is 1.11 bits per heavy atom. The summed E-state index contributed by atoms with van der Waals surface area (Å²) < 4.78 is 27.5. The van der Waals surface area contributed by atoms with Crippen LogP contribution in [0.1, 0.15) is 17.3 Å². The fraction of sp³-hybridized carbons (Fsp3) is 0.444. The molecular weight excluding hydrogens is 402 g/mol. The van der Waals surface area contributed by atoms with Gasteiger partial charge in [0.25, 0.3) is 5.91 Å². The second kappa shape index (κ2) is 8.93. The molecule has 8 nitrogen and oxygen atoms in total. The van der Waals surface area contributed by atoms with Crippen molar-refractivity contribution >= 4 is 34.3 Å². The van der Waals surface area contributed by atoms with Crippen LogP contribution in [-0.2, 0) is 16.6 Å². The third-order valence-corrected chi connectivity index (χ3v) is 6.59. The number of carbonyl (C=O) groups excluding carboxylic acids is 1. The first-order valence-electron chi connectivity index (χ1n) is 8.92. The molecule has 2 heterocycles.